The van der Waals surface area contributed by atoms with Gasteiger partial charge in [0, 0.05) is 27.7 Å². The third-order valence-electron chi connectivity index (χ3n) is 3.27. The number of hydrogen-bond donors (Lipinski definition) is 1. The van der Waals surface area contributed by atoms with Gasteiger partial charge in [-0.3, -0.25) is 0 Å². The fourth-order valence-corrected chi connectivity index (χ4v) is 2.11. The van der Waals surface area contributed by atoms with Crippen molar-refractivity contribution in [1.82, 2.24) is 14.9 Å². The molecule has 20 heavy (non-hydrogen) atoms. The van der Waals surface area contributed by atoms with Crippen molar-refractivity contribution in [2.24, 2.45) is 7.05 Å². The summed E-state index contributed by atoms with van der Waals surface area (Å²) in [5.74, 6) is 0.758. The Morgan fingerprint density at radius 2 is 1.95 bits per heavy atom. The van der Waals surface area contributed by atoms with Gasteiger partial charge in [0.2, 0.25) is 5.95 Å². The predicted octanol–water partition coefficient (Wildman–Crippen LogP) is 1.96. The van der Waals surface area contributed by atoms with Gasteiger partial charge in [0.25, 0.3) is 0 Å². The second kappa shape index (κ2) is 6.52. The molecular weight excluding hydrogens is 255 g/mol. The molecule has 4 nitrogen and oxygen atoms in total. The van der Waals surface area contributed by atoms with Crippen LogP contribution in [0.2, 0.25) is 0 Å². The largest absolute Gasteiger partial charge is 0.348 e. The number of imidazole rings is 1. The minimum Gasteiger partial charge on any atom is -0.348 e. The van der Waals surface area contributed by atoms with Gasteiger partial charge >= 0.3 is 0 Å². The molecule has 2 aromatic rings. The van der Waals surface area contributed by atoms with Crippen molar-refractivity contribution >= 4 is 5.95 Å². The summed E-state index contributed by atoms with van der Waals surface area (Å²) in [7, 11) is 5.97. The molecule has 0 saturated carbocycles. The summed E-state index contributed by atoms with van der Waals surface area (Å²) in [6.45, 7) is 1.63. The first-order valence-corrected chi connectivity index (χ1v) is 6.71. The number of anilines is 1. The van der Waals surface area contributed by atoms with E-state index in [0.717, 1.165) is 36.7 Å². The summed E-state index contributed by atoms with van der Waals surface area (Å²) in [6.07, 6.45) is 2.78. The molecule has 1 N–H and O–H groups in total. The quantitative estimate of drug-likeness (QED) is 0.819. The third kappa shape index (κ3) is 3.57. The van der Waals surface area contributed by atoms with Crippen LogP contribution >= 0.6 is 0 Å². The average Bonchev–Trinajstić information content (AvgIpc) is 2.78. The van der Waals surface area contributed by atoms with Gasteiger partial charge < -0.3 is 14.8 Å². The highest BCUT2D eigenvalue weighted by Gasteiger charge is 2.07. The van der Waals surface area contributed by atoms with Crippen molar-refractivity contribution in [2.75, 3.05) is 25.5 Å². The molecule has 1 aromatic heterocycles. The van der Waals surface area contributed by atoms with Crippen molar-refractivity contribution < 1.29 is 4.39 Å². The molecule has 0 spiro atoms. The van der Waals surface area contributed by atoms with Crippen LogP contribution in [-0.4, -0.2) is 30.2 Å². The van der Waals surface area contributed by atoms with Gasteiger partial charge in [-0.05, 0) is 30.7 Å². The number of nitrogens with one attached hydrogen (secondary N) is 1. The van der Waals surface area contributed by atoms with Gasteiger partial charge in [-0.15, -0.1) is 0 Å². The number of halogens is 1. The van der Waals surface area contributed by atoms with Crippen molar-refractivity contribution in [3.63, 3.8) is 0 Å². The normalized spacial score (nSPS) is 10.8. The molecule has 0 fully saturated rings. The Bertz CT molecular complexity index is 546. The lowest BCUT2D eigenvalue weighted by Crippen LogP contribution is -2.20. The summed E-state index contributed by atoms with van der Waals surface area (Å²) >= 11 is 0. The molecule has 1 aromatic carbocycles. The van der Waals surface area contributed by atoms with E-state index in [-0.39, 0.29) is 5.82 Å². The first-order valence-electron chi connectivity index (χ1n) is 6.71. The van der Waals surface area contributed by atoms with Crippen molar-refractivity contribution in [2.45, 2.75) is 13.0 Å². The first-order chi connectivity index (χ1) is 9.58. The van der Waals surface area contributed by atoms with Crippen LogP contribution < -0.4 is 10.2 Å². The van der Waals surface area contributed by atoms with Crippen LogP contribution in [0, 0.1) is 5.82 Å². The lowest BCUT2D eigenvalue weighted by molar-refractivity contribution is 0.625. The van der Waals surface area contributed by atoms with Crippen LogP contribution in [-0.2, 0) is 20.0 Å². The zero-order valence-corrected chi connectivity index (χ0v) is 12.2. The maximum Gasteiger partial charge on any atom is 0.204 e. The van der Waals surface area contributed by atoms with Crippen molar-refractivity contribution in [3.05, 3.63) is 47.5 Å². The molecule has 0 saturated heterocycles. The highest BCUT2D eigenvalue weighted by Crippen LogP contribution is 2.10. The third-order valence-corrected chi connectivity index (χ3v) is 3.27. The maximum atomic E-state index is 12.8. The average molecular weight is 276 g/mol. The number of benzene rings is 1. The van der Waals surface area contributed by atoms with E-state index in [9.17, 15) is 4.39 Å². The molecular formula is C15H21FN4. The zero-order chi connectivity index (χ0) is 14.5. The molecule has 0 unspecified atom stereocenters. The molecule has 0 bridgehead atoms. The van der Waals surface area contributed by atoms with Gasteiger partial charge in [-0.25, -0.2) is 9.37 Å². The zero-order valence-electron chi connectivity index (χ0n) is 12.2. The maximum absolute atomic E-state index is 12.8. The molecule has 2 rings (SSSR count). The monoisotopic (exact) mass is 276 g/mol. The number of nitrogens with zero attached hydrogens (tertiary/aromatic N) is 3. The van der Waals surface area contributed by atoms with Crippen molar-refractivity contribution in [3.8, 4) is 0 Å². The SMILES string of the molecule is CN(C)c1ncc(CNCCc2ccc(F)cc2)n1C. The molecule has 0 amide bonds. The summed E-state index contributed by atoms with van der Waals surface area (Å²) in [6, 6.07) is 6.65. The van der Waals surface area contributed by atoms with E-state index in [1.807, 2.05) is 44.4 Å². The predicted molar refractivity (Wildman–Crippen MR) is 79.3 cm³/mol. The van der Waals surface area contributed by atoms with Gasteiger partial charge in [0.1, 0.15) is 5.82 Å². The lowest BCUT2D eigenvalue weighted by Gasteiger charge is -2.12. The van der Waals surface area contributed by atoms with E-state index in [0.29, 0.717) is 0 Å². The smallest absolute Gasteiger partial charge is 0.204 e. The summed E-state index contributed by atoms with van der Waals surface area (Å²) in [4.78, 5) is 6.36. The molecule has 5 heteroatoms. The lowest BCUT2D eigenvalue weighted by atomic mass is 10.1. The summed E-state index contributed by atoms with van der Waals surface area (Å²) < 4.78 is 14.9. The summed E-state index contributed by atoms with van der Waals surface area (Å²) in [5, 5.41) is 3.38. The van der Waals surface area contributed by atoms with E-state index in [2.05, 4.69) is 14.9 Å². The Morgan fingerprint density at radius 3 is 2.55 bits per heavy atom. The van der Waals surface area contributed by atoms with Crippen LogP contribution in [0.3, 0.4) is 0 Å². The van der Waals surface area contributed by atoms with Crippen LogP contribution in [0.5, 0.6) is 0 Å². The number of rotatable bonds is 6. The fourth-order valence-electron chi connectivity index (χ4n) is 2.11. The van der Waals surface area contributed by atoms with Crippen LogP contribution in [0.25, 0.3) is 0 Å². The Hall–Kier alpha value is -1.88. The Labute approximate surface area is 119 Å². The van der Waals surface area contributed by atoms with Crippen molar-refractivity contribution in [1.29, 1.82) is 0 Å². The van der Waals surface area contributed by atoms with Gasteiger partial charge in [-0.1, -0.05) is 12.1 Å². The molecule has 0 radical (unpaired) electrons. The Morgan fingerprint density at radius 1 is 1.25 bits per heavy atom. The minimum absolute atomic E-state index is 0.187. The van der Waals surface area contributed by atoms with E-state index in [4.69, 9.17) is 0 Å². The summed E-state index contributed by atoms with van der Waals surface area (Å²) in [5.41, 5.74) is 2.28. The standard InChI is InChI=1S/C15H21FN4/c1-19(2)15-18-11-14(20(15)3)10-17-9-8-12-4-6-13(16)7-5-12/h4-7,11,17H,8-10H2,1-3H3. The molecule has 108 valence electrons. The topological polar surface area (TPSA) is 33.1 Å². The van der Waals surface area contributed by atoms with Crippen LogP contribution in [0.4, 0.5) is 10.3 Å². The molecule has 0 atom stereocenters. The first kappa shape index (κ1) is 14.5. The molecule has 0 aliphatic heterocycles. The second-order valence-electron chi connectivity index (χ2n) is 5.06. The van der Waals surface area contributed by atoms with Gasteiger partial charge in [-0.2, -0.15) is 0 Å². The molecule has 0 aliphatic carbocycles. The highest BCUT2D eigenvalue weighted by molar-refractivity contribution is 5.30. The molecule has 0 aliphatic rings. The van der Waals surface area contributed by atoms with E-state index >= 15 is 0 Å². The second-order valence-corrected chi connectivity index (χ2v) is 5.06. The fraction of sp³-hybridized carbons (Fsp3) is 0.400. The van der Waals surface area contributed by atoms with E-state index < -0.39 is 0 Å². The van der Waals surface area contributed by atoms with E-state index in [1.54, 1.807) is 0 Å². The van der Waals surface area contributed by atoms with E-state index in [1.165, 1.54) is 12.1 Å². The molecule has 1 heterocycles. The van der Waals surface area contributed by atoms with Crippen LogP contribution in [0.15, 0.2) is 30.5 Å². The Balaban J connectivity index is 1.80. The number of hydrogen-bond acceptors (Lipinski definition) is 3. The Kier molecular flexibility index (Phi) is 4.74. The minimum atomic E-state index is -0.187. The number of aromatic nitrogens is 2. The van der Waals surface area contributed by atoms with Crippen LogP contribution in [0.1, 0.15) is 11.3 Å². The highest BCUT2D eigenvalue weighted by atomic mass is 19.1. The van der Waals surface area contributed by atoms with Gasteiger partial charge in [0.15, 0.2) is 0 Å². The van der Waals surface area contributed by atoms with Gasteiger partial charge in [0.05, 0.1) is 11.9 Å².